The van der Waals surface area contributed by atoms with Gasteiger partial charge < -0.3 is 0 Å². The summed E-state index contributed by atoms with van der Waals surface area (Å²) in [6.45, 7) is 20.8. The largest absolute Gasteiger partial charge is 0.295 e. The Balaban J connectivity index is 5.29. The molecule has 0 N–H and O–H groups in total. The summed E-state index contributed by atoms with van der Waals surface area (Å²) < 4.78 is 0. The van der Waals surface area contributed by atoms with E-state index in [0.29, 0.717) is 18.1 Å². The lowest BCUT2D eigenvalue weighted by Gasteiger charge is -2.49. The smallest absolute Gasteiger partial charge is 0.0191 e. The molecule has 0 amide bonds. The van der Waals surface area contributed by atoms with Gasteiger partial charge in [-0.05, 0) is 47.0 Å². The van der Waals surface area contributed by atoms with Crippen molar-refractivity contribution in [2.45, 2.75) is 137 Å². The molecule has 0 rings (SSSR count). The Hall–Kier alpha value is -0.300. The summed E-state index contributed by atoms with van der Waals surface area (Å²) in [7, 11) is 0. The molecule has 0 saturated carbocycles. The summed E-state index contributed by atoms with van der Waals surface area (Å²) in [6, 6.07) is 1.83. The zero-order chi connectivity index (χ0) is 19.3. The first-order valence-electron chi connectivity index (χ1n) is 11.3. The van der Waals surface area contributed by atoms with Gasteiger partial charge in [-0.15, -0.1) is 6.58 Å². The minimum atomic E-state index is 0.279. The number of nitrogens with zero attached hydrogens (tertiary/aromatic N) is 1. The molecule has 0 aliphatic heterocycles. The number of unbranched alkanes of at least 4 members (excludes halogenated alkanes) is 5. The zero-order valence-electron chi connectivity index (χ0n) is 18.7. The summed E-state index contributed by atoms with van der Waals surface area (Å²) in [6.07, 6.45) is 17.0. The maximum atomic E-state index is 4.33. The van der Waals surface area contributed by atoms with Crippen molar-refractivity contribution in [2.24, 2.45) is 5.41 Å². The zero-order valence-corrected chi connectivity index (χ0v) is 18.7. The van der Waals surface area contributed by atoms with Crippen molar-refractivity contribution in [3.8, 4) is 0 Å². The van der Waals surface area contributed by atoms with E-state index in [4.69, 9.17) is 0 Å². The van der Waals surface area contributed by atoms with Crippen LogP contribution in [0.3, 0.4) is 0 Å². The molecule has 1 atom stereocenters. The number of hydrogen-bond acceptors (Lipinski definition) is 1. The Morgan fingerprint density at radius 2 is 1.24 bits per heavy atom. The van der Waals surface area contributed by atoms with Crippen molar-refractivity contribution in [3.05, 3.63) is 12.7 Å². The van der Waals surface area contributed by atoms with Gasteiger partial charge in [0.05, 0.1) is 0 Å². The van der Waals surface area contributed by atoms with Crippen molar-refractivity contribution in [1.29, 1.82) is 0 Å². The van der Waals surface area contributed by atoms with E-state index in [-0.39, 0.29) is 5.41 Å². The average Bonchev–Trinajstić information content (AvgIpc) is 2.55. The molecule has 25 heavy (non-hydrogen) atoms. The highest BCUT2D eigenvalue weighted by Crippen LogP contribution is 2.41. The van der Waals surface area contributed by atoms with E-state index < -0.39 is 0 Å². The summed E-state index contributed by atoms with van der Waals surface area (Å²) in [4.78, 5) is 2.79. The first-order valence-corrected chi connectivity index (χ1v) is 11.3. The third-order valence-corrected chi connectivity index (χ3v) is 5.88. The fourth-order valence-corrected chi connectivity index (χ4v) is 4.90. The molecule has 0 aromatic carbocycles. The molecule has 0 bridgehead atoms. The summed E-state index contributed by atoms with van der Waals surface area (Å²) >= 11 is 0. The van der Waals surface area contributed by atoms with Gasteiger partial charge in [0.1, 0.15) is 0 Å². The molecular formula is C24H49N. The Bertz CT molecular complexity index is 304. The predicted octanol–water partition coefficient (Wildman–Crippen LogP) is 8.00. The molecule has 150 valence electrons. The van der Waals surface area contributed by atoms with Gasteiger partial charge in [0.25, 0.3) is 0 Å². The third-order valence-electron chi connectivity index (χ3n) is 5.88. The van der Waals surface area contributed by atoms with Gasteiger partial charge in [0, 0.05) is 23.5 Å². The first-order chi connectivity index (χ1) is 11.9. The monoisotopic (exact) mass is 351 g/mol. The lowest BCUT2D eigenvalue weighted by atomic mass is 9.70. The molecule has 1 unspecified atom stereocenters. The third kappa shape index (κ3) is 8.29. The fraction of sp³-hybridized carbons (Fsp3) is 0.917. The molecule has 0 aliphatic rings. The summed E-state index contributed by atoms with van der Waals surface area (Å²) in [5, 5.41) is 0. The maximum absolute atomic E-state index is 4.33. The van der Waals surface area contributed by atoms with Crippen LogP contribution >= 0.6 is 0 Å². The second kappa shape index (κ2) is 13.8. The van der Waals surface area contributed by atoms with Gasteiger partial charge in [-0.2, -0.15) is 0 Å². The van der Waals surface area contributed by atoms with Crippen LogP contribution in [0.15, 0.2) is 12.7 Å². The molecule has 0 aromatic rings. The summed E-state index contributed by atoms with van der Waals surface area (Å²) in [5.41, 5.74) is 0.279. The van der Waals surface area contributed by atoms with E-state index in [9.17, 15) is 0 Å². The molecule has 0 heterocycles. The molecule has 1 nitrogen and oxygen atoms in total. The van der Waals surface area contributed by atoms with Crippen molar-refractivity contribution in [2.75, 3.05) is 0 Å². The topological polar surface area (TPSA) is 3.24 Å². The number of hydrogen-bond donors (Lipinski definition) is 0. The molecular weight excluding hydrogens is 302 g/mol. The standard InChI is InChI=1S/C24H49N/c1-9-13-14-15-16-17-18-23(25(21(5)6)22(7)8)24(12-4,19-10-2)20-11-3/h12,21-23H,4,9-11,13-20H2,1-3,5-8H3. The van der Waals surface area contributed by atoms with E-state index in [1.54, 1.807) is 0 Å². The van der Waals surface area contributed by atoms with E-state index in [2.05, 4.69) is 66.0 Å². The van der Waals surface area contributed by atoms with Gasteiger partial charge in [0.2, 0.25) is 0 Å². The lowest BCUT2D eigenvalue weighted by molar-refractivity contribution is 0.0230. The second-order valence-electron chi connectivity index (χ2n) is 8.64. The van der Waals surface area contributed by atoms with Gasteiger partial charge in [-0.1, -0.05) is 78.2 Å². The molecule has 0 fully saturated rings. The van der Waals surface area contributed by atoms with Crippen LogP contribution in [0.2, 0.25) is 0 Å². The number of rotatable bonds is 16. The van der Waals surface area contributed by atoms with Crippen molar-refractivity contribution in [3.63, 3.8) is 0 Å². The van der Waals surface area contributed by atoms with Gasteiger partial charge in [-0.25, -0.2) is 0 Å². The van der Waals surface area contributed by atoms with Crippen molar-refractivity contribution in [1.82, 2.24) is 4.90 Å². The Kier molecular flexibility index (Phi) is 13.7. The van der Waals surface area contributed by atoms with Crippen LogP contribution in [-0.4, -0.2) is 23.0 Å². The SMILES string of the molecule is C=CC(CCC)(CCC)C(CCCCCCCC)N(C(C)C)C(C)C. The molecule has 0 aliphatic carbocycles. The molecule has 0 spiro atoms. The summed E-state index contributed by atoms with van der Waals surface area (Å²) in [5.74, 6) is 0. The van der Waals surface area contributed by atoms with Crippen LogP contribution in [0.4, 0.5) is 0 Å². The van der Waals surface area contributed by atoms with E-state index >= 15 is 0 Å². The lowest BCUT2D eigenvalue weighted by Crippen LogP contribution is -2.53. The van der Waals surface area contributed by atoms with Gasteiger partial charge in [-0.3, -0.25) is 4.90 Å². The van der Waals surface area contributed by atoms with Crippen LogP contribution in [0.1, 0.15) is 119 Å². The molecule has 0 aromatic heterocycles. The minimum Gasteiger partial charge on any atom is -0.295 e. The highest BCUT2D eigenvalue weighted by atomic mass is 15.2. The molecule has 1 heteroatoms. The first kappa shape index (κ1) is 24.7. The minimum absolute atomic E-state index is 0.279. The highest BCUT2D eigenvalue weighted by Gasteiger charge is 2.39. The normalized spacial score (nSPS) is 13.8. The Morgan fingerprint density at radius 1 is 0.760 bits per heavy atom. The van der Waals surface area contributed by atoms with E-state index in [1.165, 1.54) is 70.6 Å². The molecule has 0 saturated heterocycles. The van der Waals surface area contributed by atoms with Crippen LogP contribution in [-0.2, 0) is 0 Å². The van der Waals surface area contributed by atoms with Crippen LogP contribution in [0, 0.1) is 5.41 Å². The maximum Gasteiger partial charge on any atom is 0.0191 e. The van der Waals surface area contributed by atoms with Gasteiger partial charge >= 0.3 is 0 Å². The molecule has 0 radical (unpaired) electrons. The second-order valence-corrected chi connectivity index (χ2v) is 8.64. The quantitative estimate of drug-likeness (QED) is 0.201. The fourth-order valence-electron chi connectivity index (χ4n) is 4.90. The van der Waals surface area contributed by atoms with Crippen molar-refractivity contribution < 1.29 is 0 Å². The van der Waals surface area contributed by atoms with E-state index in [0.717, 1.165) is 0 Å². The van der Waals surface area contributed by atoms with Crippen LogP contribution in [0.25, 0.3) is 0 Å². The highest BCUT2D eigenvalue weighted by molar-refractivity contribution is 5.04. The van der Waals surface area contributed by atoms with Gasteiger partial charge in [0.15, 0.2) is 0 Å². The van der Waals surface area contributed by atoms with E-state index in [1.807, 2.05) is 0 Å². The van der Waals surface area contributed by atoms with Crippen LogP contribution < -0.4 is 0 Å². The Morgan fingerprint density at radius 3 is 1.64 bits per heavy atom. The van der Waals surface area contributed by atoms with Crippen molar-refractivity contribution >= 4 is 0 Å². The predicted molar refractivity (Wildman–Crippen MR) is 116 cm³/mol. The Labute approximate surface area is 160 Å². The van der Waals surface area contributed by atoms with Crippen LogP contribution in [0.5, 0.6) is 0 Å². The average molecular weight is 352 g/mol.